The van der Waals surface area contributed by atoms with Crippen LogP contribution in [0.5, 0.6) is 0 Å². The largest absolute Gasteiger partial charge is 0.304 e. The van der Waals surface area contributed by atoms with Crippen LogP contribution >= 0.6 is 0 Å². The van der Waals surface area contributed by atoms with E-state index in [-0.39, 0.29) is 0 Å². The van der Waals surface area contributed by atoms with Crippen molar-refractivity contribution in [1.29, 1.82) is 5.41 Å². The van der Waals surface area contributed by atoms with Gasteiger partial charge in [-0.25, -0.2) is 0 Å². The smallest absolute Gasteiger partial charge is 0.0425 e. The van der Waals surface area contributed by atoms with E-state index in [1.807, 2.05) is 13.8 Å². The Morgan fingerprint density at radius 1 is 1.00 bits per heavy atom. The van der Waals surface area contributed by atoms with Crippen molar-refractivity contribution in [1.82, 2.24) is 0 Å². The van der Waals surface area contributed by atoms with Crippen LogP contribution in [0.4, 0.5) is 0 Å². The molecule has 1 nitrogen and oxygen atoms in total. The Labute approximate surface area is 131 Å². The highest BCUT2D eigenvalue weighted by Crippen LogP contribution is 2.60. The first-order valence-corrected chi connectivity index (χ1v) is 8.84. The van der Waals surface area contributed by atoms with Crippen LogP contribution in [-0.2, 0) is 0 Å². The lowest BCUT2D eigenvalue weighted by atomic mass is 9.80. The molecule has 2 aliphatic carbocycles. The Balaban J connectivity index is 0.000000322. The average molecular weight is 287 g/mol. The third-order valence-corrected chi connectivity index (χ3v) is 4.84. The van der Waals surface area contributed by atoms with Gasteiger partial charge in [-0.15, -0.1) is 0 Å². The van der Waals surface area contributed by atoms with Gasteiger partial charge in [0, 0.05) is 11.6 Å². The van der Waals surface area contributed by atoms with Crippen molar-refractivity contribution in [2.45, 2.75) is 66.7 Å². The summed E-state index contributed by atoms with van der Waals surface area (Å²) in [7, 11) is 0. The molecule has 0 bridgehead atoms. The second-order valence-electron chi connectivity index (χ2n) is 5.98. The minimum absolute atomic E-state index is 0.560. The highest BCUT2D eigenvalue weighted by atomic mass is 14.7. The summed E-state index contributed by atoms with van der Waals surface area (Å²) >= 11 is 0. The molecule has 4 atom stereocenters. The number of fused-ring (bicyclic) bond motifs is 2. The Bertz CT molecular complexity index is 447. The van der Waals surface area contributed by atoms with E-state index in [0.717, 1.165) is 17.5 Å². The number of nitrogens with one attached hydrogen (secondary N) is 1. The minimum atomic E-state index is 0.560. The number of unbranched alkanes of at least 4 members (excludes halogenated alkanes) is 1. The molecule has 0 radical (unpaired) electrons. The maximum absolute atomic E-state index is 8.21. The molecule has 0 amide bonds. The van der Waals surface area contributed by atoms with Crippen molar-refractivity contribution >= 4 is 5.71 Å². The van der Waals surface area contributed by atoms with Crippen molar-refractivity contribution in [3.8, 4) is 0 Å². The van der Waals surface area contributed by atoms with E-state index in [9.17, 15) is 0 Å². The van der Waals surface area contributed by atoms with Crippen LogP contribution in [0.15, 0.2) is 24.3 Å². The van der Waals surface area contributed by atoms with Crippen LogP contribution in [0.1, 0.15) is 77.8 Å². The molecular formula is C20H33N. The fraction of sp³-hybridized carbons (Fsp3) is 0.650. The molecule has 1 heteroatoms. The normalized spacial score (nSPS) is 28.2. The van der Waals surface area contributed by atoms with Gasteiger partial charge in [-0.3, -0.25) is 0 Å². The van der Waals surface area contributed by atoms with Crippen molar-refractivity contribution in [2.75, 3.05) is 0 Å². The maximum atomic E-state index is 8.21. The van der Waals surface area contributed by atoms with Crippen molar-refractivity contribution < 1.29 is 0 Å². The van der Waals surface area contributed by atoms with Gasteiger partial charge in [-0.1, -0.05) is 78.6 Å². The highest BCUT2D eigenvalue weighted by molar-refractivity contribution is 6.04. The SMILES string of the molecule is CC.CCC1c2ccccc2C(=N)C2C(C)C12.CCCC. The molecule has 3 rings (SSSR count). The summed E-state index contributed by atoms with van der Waals surface area (Å²) in [5.41, 5.74) is 3.54. The van der Waals surface area contributed by atoms with Gasteiger partial charge >= 0.3 is 0 Å². The molecule has 0 saturated heterocycles. The van der Waals surface area contributed by atoms with Crippen molar-refractivity contribution in [2.24, 2.45) is 17.8 Å². The topological polar surface area (TPSA) is 23.9 Å². The number of rotatable bonds is 2. The van der Waals surface area contributed by atoms with Crippen molar-refractivity contribution in [3.63, 3.8) is 0 Å². The summed E-state index contributed by atoms with van der Waals surface area (Å²) in [4.78, 5) is 0. The van der Waals surface area contributed by atoms with E-state index in [2.05, 4.69) is 52.0 Å². The van der Waals surface area contributed by atoms with Gasteiger partial charge in [0.2, 0.25) is 0 Å². The minimum Gasteiger partial charge on any atom is -0.304 e. The second-order valence-corrected chi connectivity index (χ2v) is 5.98. The maximum Gasteiger partial charge on any atom is 0.0425 e. The number of benzene rings is 1. The first kappa shape index (κ1) is 17.9. The van der Waals surface area contributed by atoms with Gasteiger partial charge in [-0.05, 0) is 35.3 Å². The monoisotopic (exact) mass is 287 g/mol. The second kappa shape index (κ2) is 8.36. The van der Waals surface area contributed by atoms with Crippen LogP contribution in [0.25, 0.3) is 0 Å². The summed E-state index contributed by atoms with van der Waals surface area (Å²) in [6, 6.07) is 8.52. The van der Waals surface area contributed by atoms with Gasteiger partial charge in [0.25, 0.3) is 0 Å². The van der Waals surface area contributed by atoms with Crippen LogP contribution in [-0.4, -0.2) is 5.71 Å². The number of hydrogen-bond donors (Lipinski definition) is 1. The standard InChI is InChI=1S/C14H17N.C4H10.C2H6/c1-3-9-10-6-4-5-7-11(10)14(15)13-8(2)12(9)13;1-3-4-2;1-2/h4-9,12-13,15H,3H2,1-2H3;3-4H2,1-2H3;1-2H3. The quantitative estimate of drug-likeness (QED) is 0.662. The van der Waals surface area contributed by atoms with Gasteiger partial charge < -0.3 is 5.41 Å². The molecule has 1 fully saturated rings. The molecule has 21 heavy (non-hydrogen) atoms. The Morgan fingerprint density at radius 2 is 1.57 bits per heavy atom. The zero-order valence-corrected chi connectivity index (χ0v) is 14.7. The summed E-state index contributed by atoms with van der Waals surface area (Å²) in [6.07, 6.45) is 3.86. The highest BCUT2D eigenvalue weighted by Gasteiger charge is 2.56. The van der Waals surface area contributed by atoms with E-state index < -0.39 is 0 Å². The van der Waals surface area contributed by atoms with Gasteiger partial charge in [-0.2, -0.15) is 0 Å². The molecule has 0 spiro atoms. The van der Waals surface area contributed by atoms with E-state index in [4.69, 9.17) is 5.41 Å². The summed E-state index contributed by atoms with van der Waals surface area (Å²) < 4.78 is 0. The van der Waals surface area contributed by atoms with E-state index in [1.165, 1.54) is 30.4 Å². The predicted octanol–water partition coefficient (Wildman–Crippen LogP) is 6.28. The molecule has 0 aromatic heterocycles. The van der Waals surface area contributed by atoms with Crippen LogP contribution in [0.3, 0.4) is 0 Å². The molecule has 1 N–H and O–H groups in total. The first-order chi connectivity index (χ1) is 10.2. The molecule has 1 aromatic carbocycles. The molecule has 4 unspecified atom stereocenters. The Kier molecular flexibility index (Phi) is 7.14. The molecule has 1 aromatic rings. The lowest BCUT2D eigenvalue weighted by Gasteiger charge is -2.24. The third kappa shape index (κ3) is 3.56. The lowest BCUT2D eigenvalue weighted by molar-refractivity contribution is 0.541. The van der Waals surface area contributed by atoms with Gasteiger partial charge in [0.15, 0.2) is 0 Å². The lowest BCUT2D eigenvalue weighted by Crippen LogP contribution is -2.18. The molecular weight excluding hydrogens is 254 g/mol. The third-order valence-electron chi connectivity index (χ3n) is 4.84. The van der Waals surface area contributed by atoms with Crippen LogP contribution in [0.2, 0.25) is 0 Å². The number of hydrogen-bond acceptors (Lipinski definition) is 1. The van der Waals surface area contributed by atoms with Gasteiger partial charge in [0.05, 0.1) is 0 Å². The molecule has 1 saturated carbocycles. The Morgan fingerprint density at radius 3 is 2.10 bits per heavy atom. The van der Waals surface area contributed by atoms with Crippen molar-refractivity contribution in [3.05, 3.63) is 35.4 Å². The van der Waals surface area contributed by atoms with Gasteiger partial charge in [0.1, 0.15) is 0 Å². The zero-order valence-electron chi connectivity index (χ0n) is 14.7. The van der Waals surface area contributed by atoms with Crippen LogP contribution in [0, 0.1) is 23.2 Å². The van der Waals surface area contributed by atoms with E-state index >= 15 is 0 Å². The first-order valence-electron chi connectivity index (χ1n) is 8.84. The predicted molar refractivity (Wildman–Crippen MR) is 94.4 cm³/mol. The molecule has 118 valence electrons. The van der Waals surface area contributed by atoms with E-state index in [1.54, 1.807) is 0 Å². The summed E-state index contributed by atoms with van der Waals surface area (Å²) in [5.74, 6) is 2.76. The fourth-order valence-corrected chi connectivity index (χ4v) is 3.51. The molecule has 0 heterocycles. The molecule has 0 aliphatic heterocycles. The fourth-order valence-electron chi connectivity index (χ4n) is 3.51. The van der Waals surface area contributed by atoms with E-state index in [0.29, 0.717) is 11.8 Å². The summed E-state index contributed by atoms with van der Waals surface area (Å²) in [5, 5.41) is 8.21. The molecule has 2 aliphatic rings. The average Bonchev–Trinajstić information content (AvgIpc) is 3.22. The zero-order chi connectivity index (χ0) is 16.0. The Hall–Kier alpha value is -1.11. The van der Waals surface area contributed by atoms with Crippen LogP contribution < -0.4 is 0 Å². The summed E-state index contributed by atoms with van der Waals surface area (Å²) in [6.45, 7) is 12.9.